The lowest BCUT2D eigenvalue weighted by Gasteiger charge is -2.12. The summed E-state index contributed by atoms with van der Waals surface area (Å²) in [6.45, 7) is 0. The molecule has 9 rings (SSSR count). The molecule has 4 aromatic heterocycles. The van der Waals surface area contributed by atoms with E-state index in [0.717, 1.165) is 38.9 Å². The SMILES string of the molecule is COc1ccc(-c2nc(-n3c4ccccc4c4ccc5c6sc7ccccc7c6sc5c43)nc3ccccc23)cc1. The van der Waals surface area contributed by atoms with Crippen LogP contribution >= 0.6 is 22.7 Å². The van der Waals surface area contributed by atoms with Gasteiger partial charge in [0.2, 0.25) is 5.95 Å². The first-order valence-electron chi connectivity index (χ1n) is 13.5. The number of benzene rings is 5. The second kappa shape index (κ2) is 8.61. The van der Waals surface area contributed by atoms with Gasteiger partial charge in [0.05, 0.1) is 43.5 Å². The maximum Gasteiger partial charge on any atom is 0.235 e. The van der Waals surface area contributed by atoms with Crippen LogP contribution in [0.5, 0.6) is 5.75 Å². The van der Waals surface area contributed by atoms with Crippen LogP contribution in [0, 0.1) is 0 Å². The first-order chi connectivity index (χ1) is 20.3. The van der Waals surface area contributed by atoms with Gasteiger partial charge in [-0.05, 0) is 42.5 Å². The molecule has 0 spiro atoms. The minimum absolute atomic E-state index is 0.676. The lowest BCUT2D eigenvalue weighted by Crippen LogP contribution is -2.03. The Labute approximate surface area is 242 Å². The van der Waals surface area contributed by atoms with Gasteiger partial charge in [-0.3, -0.25) is 4.57 Å². The molecule has 0 aliphatic rings. The van der Waals surface area contributed by atoms with Crippen LogP contribution in [-0.2, 0) is 0 Å². The molecule has 0 amide bonds. The third-order valence-corrected chi connectivity index (χ3v) is 10.5. The van der Waals surface area contributed by atoms with Crippen molar-refractivity contribution in [3.8, 4) is 23.0 Å². The summed E-state index contributed by atoms with van der Waals surface area (Å²) in [5.74, 6) is 1.50. The second-order valence-electron chi connectivity index (χ2n) is 10.2. The lowest BCUT2D eigenvalue weighted by molar-refractivity contribution is 0.415. The number of thiophene rings is 2. The largest absolute Gasteiger partial charge is 0.497 e. The number of nitrogens with zero attached hydrogens (tertiary/aromatic N) is 3. The number of fused-ring (bicyclic) bond motifs is 10. The van der Waals surface area contributed by atoms with Crippen LogP contribution < -0.4 is 4.74 Å². The Balaban J connectivity index is 1.42. The molecule has 0 fully saturated rings. The van der Waals surface area contributed by atoms with E-state index in [-0.39, 0.29) is 0 Å². The highest BCUT2D eigenvalue weighted by atomic mass is 32.1. The van der Waals surface area contributed by atoms with E-state index in [1.165, 1.54) is 40.3 Å². The minimum Gasteiger partial charge on any atom is -0.497 e. The number of rotatable bonds is 3. The average Bonchev–Trinajstić information content (AvgIpc) is 3.69. The monoisotopic (exact) mass is 563 g/mol. The topological polar surface area (TPSA) is 39.9 Å². The van der Waals surface area contributed by atoms with E-state index in [2.05, 4.69) is 89.5 Å². The van der Waals surface area contributed by atoms with Crippen LogP contribution in [0.4, 0.5) is 0 Å². The van der Waals surface area contributed by atoms with Crippen molar-refractivity contribution in [1.29, 1.82) is 0 Å². The Morgan fingerprint density at radius 2 is 1.29 bits per heavy atom. The van der Waals surface area contributed by atoms with Gasteiger partial charge in [0.15, 0.2) is 0 Å². The Bertz CT molecular complexity index is 2470. The first-order valence-corrected chi connectivity index (χ1v) is 15.1. The van der Waals surface area contributed by atoms with Crippen LogP contribution in [0.1, 0.15) is 0 Å². The van der Waals surface area contributed by atoms with Crippen LogP contribution in [0.25, 0.3) is 79.5 Å². The molecule has 6 heteroatoms. The van der Waals surface area contributed by atoms with Crippen LogP contribution in [0.2, 0.25) is 0 Å². The van der Waals surface area contributed by atoms with Crippen molar-refractivity contribution in [3.63, 3.8) is 0 Å². The summed E-state index contributed by atoms with van der Waals surface area (Å²) in [6.07, 6.45) is 0. The van der Waals surface area contributed by atoms with Crippen molar-refractivity contribution >= 4 is 85.0 Å². The van der Waals surface area contributed by atoms with Gasteiger partial charge in [0.1, 0.15) is 5.75 Å². The highest BCUT2D eigenvalue weighted by Crippen LogP contribution is 2.48. The van der Waals surface area contributed by atoms with Gasteiger partial charge < -0.3 is 4.74 Å². The number of aromatic nitrogens is 3. The molecule has 0 atom stereocenters. The molecule has 194 valence electrons. The fourth-order valence-electron chi connectivity index (χ4n) is 6.05. The molecule has 0 saturated carbocycles. The maximum absolute atomic E-state index is 5.42. The molecule has 4 heterocycles. The predicted molar refractivity (Wildman–Crippen MR) is 174 cm³/mol. The molecule has 5 aromatic carbocycles. The highest BCUT2D eigenvalue weighted by molar-refractivity contribution is 7.37. The van der Waals surface area contributed by atoms with Crippen molar-refractivity contribution in [3.05, 3.63) is 109 Å². The van der Waals surface area contributed by atoms with Gasteiger partial charge in [0, 0.05) is 37.2 Å². The Morgan fingerprint density at radius 1 is 0.585 bits per heavy atom. The molecule has 9 aromatic rings. The van der Waals surface area contributed by atoms with E-state index < -0.39 is 0 Å². The van der Waals surface area contributed by atoms with E-state index in [1.807, 2.05) is 46.9 Å². The number of para-hydroxylation sites is 2. The van der Waals surface area contributed by atoms with Gasteiger partial charge in [-0.1, -0.05) is 66.7 Å². The maximum atomic E-state index is 5.42. The van der Waals surface area contributed by atoms with E-state index >= 15 is 0 Å². The number of hydrogen-bond donors (Lipinski definition) is 0. The summed E-state index contributed by atoms with van der Waals surface area (Å²) in [6, 6.07) is 38.3. The average molecular weight is 564 g/mol. The van der Waals surface area contributed by atoms with Gasteiger partial charge in [0.25, 0.3) is 0 Å². The van der Waals surface area contributed by atoms with Crippen molar-refractivity contribution in [2.75, 3.05) is 7.11 Å². The summed E-state index contributed by atoms with van der Waals surface area (Å²) in [7, 11) is 1.69. The van der Waals surface area contributed by atoms with E-state index in [9.17, 15) is 0 Å². The number of ether oxygens (including phenoxy) is 1. The Hall–Kier alpha value is -4.78. The van der Waals surface area contributed by atoms with Crippen molar-refractivity contribution in [2.45, 2.75) is 0 Å². The zero-order valence-corrected chi connectivity index (χ0v) is 23.6. The van der Waals surface area contributed by atoms with E-state index in [1.54, 1.807) is 7.11 Å². The van der Waals surface area contributed by atoms with Crippen molar-refractivity contribution in [1.82, 2.24) is 14.5 Å². The molecule has 0 N–H and O–H groups in total. The molecular formula is C35H21N3OS2. The summed E-state index contributed by atoms with van der Waals surface area (Å²) < 4.78 is 13.0. The Kier molecular flexibility index (Phi) is 4.82. The standard InChI is InChI=1S/C35H21N3OS2/c1-39-21-16-14-20(15-17-21)30-24-9-2-5-11-27(24)36-35(37-30)38-28-12-6-3-8-22(28)23-18-19-26-32(31(23)38)41-33-25-10-4-7-13-29(25)40-34(26)33/h2-19H,1H3. The lowest BCUT2D eigenvalue weighted by atomic mass is 10.1. The fraction of sp³-hybridized carbons (Fsp3) is 0.0286. The summed E-state index contributed by atoms with van der Waals surface area (Å²) >= 11 is 3.76. The number of methoxy groups -OCH3 is 1. The van der Waals surface area contributed by atoms with Gasteiger partial charge >= 0.3 is 0 Å². The summed E-state index contributed by atoms with van der Waals surface area (Å²) in [5, 5.41) is 6.06. The zero-order chi connectivity index (χ0) is 27.1. The molecule has 0 saturated heterocycles. The molecule has 0 aliphatic heterocycles. The van der Waals surface area contributed by atoms with Crippen LogP contribution in [0.3, 0.4) is 0 Å². The van der Waals surface area contributed by atoms with Gasteiger partial charge in [-0.15, -0.1) is 22.7 Å². The van der Waals surface area contributed by atoms with Gasteiger partial charge in [-0.25, -0.2) is 9.97 Å². The quantitative estimate of drug-likeness (QED) is 0.215. The first kappa shape index (κ1) is 23.0. The number of hydrogen-bond acceptors (Lipinski definition) is 5. The molecule has 4 nitrogen and oxygen atoms in total. The van der Waals surface area contributed by atoms with Crippen LogP contribution in [-0.4, -0.2) is 21.6 Å². The third kappa shape index (κ3) is 3.26. The second-order valence-corrected chi connectivity index (χ2v) is 12.2. The molecule has 41 heavy (non-hydrogen) atoms. The predicted octanol–water partition coefficient (Wildman–Crippen LogP) is 9.99. The van der Waals surface area contributed by atoms with Gasteiger partial charge in [-0.2, -0.15) is 0 Å². The molecule has 0 unspecified atom stereocenters. The van der Waals surface area contributed by atoms with Crippen molar-refractivity contribution < 1.29 is 4.74 Å². The summed E-state index contributed by atoms with van der Waals surface area (Å²) in [4.78, 5) is 10.5. The zero-order valence-electron chi connectivity index (χ0n) is 22.0. The normalized spacial score (nSPS) is 12.0. The highest BCUT2D eigenvalue weighted by Gasteiger charge is 2.21. The van der Waals surface area contributed by atoms with Crippen LogP contribution in [0.15, 0.2) is 109 Å². The van der Waals surface area contributed by atoms with E-state index in [0.29, 0.717) is 5.95 Å². The molecule has 0 aliphatic carbocycles. The van der Waals surface area contributed by atoms with E-state index in [4.69, 9.17) is 14.7 Å². The third-order valence-electron chi connectivity index (χ3n) is 7.94. The molecular weight excluding hydrogens is 543 g/mol. The fourth-order valence-corrected chi connectivity index (χ4v) is 8.83. The molecule has 0 radical (unpaired) electrons. The smallest absolute Gasteiger partial charge is 0.235 e. The summed E-state index contributed by atoms with van der Waals surface area (Å²) in [5.41, 5.74) is 5.12. The minimum atomic E-state index is 0.676. The molecule has 0 bridgehead atoms. The Morgan fingerprint density at radius 3 is 2.15 bits per heavy atom. The van der Waals surface area contributed by atoms with Crippen molar-refractivity contribution in [2.24, 2.45) is 0 Å².